The first-order valence-corrected chi connectivity index (χ1v) is 9.25. The van der Waals surface area contributed by atoms with Gasteiger partial charge in [0.25, 0.3) is 0 Å². The van der Waals surface area contributed by atoms with Gasteiger partial charge in [0, 0.05) is 32.7 Å². The Hall–Kier alpha value is -2.40. The highest BCUT2D eigenvalue weighted by Crippen LogP contribution is 2.28. The molecule has 2 atom stereocenters. The van der Waals surface area contributed by atoms with E-state index in [0.717, 1.165) is 19.6 Å². The van der Waals surface area contributed by atoms with Crippen molar-refractivity contribution in [1.29, 1.82) is 0 Å². The lowest BCUT2D eigenvalue weighted by Gasteiger charge is -2.37. The molecule has 1 amide bonds. The molecule has 138 valence electrons. The predicted octanol–water partition coefficient (Wildman–Crippen LogP) is 2.51. The van der Waals surface area contributed by atoms with E-state index in [0.29, 0.717) is 25.9 Å². The zero-order valence-electron chi connectivity index (χ0n) is 15.0. The SMILES string of the molecule is O=C(O)[C@@H]1CC=CC[C@H]1C(=O)N1CCN(C/C=C/c2ccccc2)CC1. The number of amides is 1. The molecule has 0 bridgehead atoms. The second-order valence-electron chi connectivity index (χ2n) is 6.93. The van der Waals surface area contributed by atoms with Crippen molar-refractivity contribution in [3.8, 4) is 0 Å². The van der Waals surface area contributed by atoms with Crippen molar-refractivity contribution in [2.24, 2.45) is 11.8 Å². The van der Waals surface area contributed by atoms with Gasteiger partial charge in [0.2, 0.25) is 5.91 Å². The molecular formula is C21H26N2O3. The van der Waals surface area contributed by atoms with Crippen molar-refractivity contribution in [1.82, 2.24) is 9.80 Å². The van der Waals surface area contributed by atoms with Gasteiger partial charge in [-0.15, -0.1) is 0 Å². The van der Waals surface area contributed by atoms with Crippen molar-refractivity contribution < 1.29 is 14.7 Å². The van der Waals surface area contributed by atoms with Gasteiger partial charge in [-0.3, -0.25) is 14.5 Å². The molecule has 3 rings (SSSR count). The molecule has 0 spiro atoms. The van der Waals surface area contributed by atoms with Gasteiger partial charge in [0.1, 0.15) is 0 Å². The summed E-state index contributed by atoms with van der Waals surface area (Å²) in [6.07, 6.45) is 9.07. The van der Waals surface area contributed by atoms with Crippen molar-refractivity contribution >= 4 is 18.0 Å². The number of aliphatic carboxylic acids is 1. The smallest absolute Gasteiger partial charge is 0.307 e. The monoisotopic (exact) mass is 354 g/mol. The Morgan fingerprint density at radius 1 is 1.00 bits per heavy atom. The number of allylic oxidation sites excluding steroid dienone is 2. The maximum atomic E-state index is 12.8. The van der Waals surface area contributed by atoms with Gasteiger partial charge in [0.15, 0.2) is 0 Å². The van der Waals surface area contributed by atoms with Gasteiger partial charge in [0.05, 0.1) is 11.8 Å². The number of piperazine rings is 1. The van der Waals surface area contributed by atoms with Crippen LogP contribution in [0.2, 0.25) is 0 Å². The summed E-state index contributed by atoms with van der Waals surface area (Å²) < 4.78 is 0. The van der Waals surface area contributed by atoms with Crippen LogP contribution in [0, 0.1) is 11.8 Å². The van der Waals surface area contributed by atoms with Crippen LogP contribution in [0.25, 0.3) is 6.08 Å². The third kappa shape index (κ3) is 4.61. The summed E-state index contributed by atoms with van der Waals surface area (Å²) in [6.45, 7) is 3.85. The number of carbonyl (C=O) groups is 2. The fourth-order valence-corrected chi connectivity index (χ4v) is 3.65. The summed E-state index contributed by atoms with van der Waals surface area (Å²) in [5, 5.41) is 9.37. The third-order valence-corrected chi connectivity index (χ3v) is 5.22. The van der Waals surface area contributed by atoms with Gasteiger partial charge >= 0.3 is 5.97 Å². The minimum absolute atomic E-state index is 0.00114. The van der Waals surface area contributed by atoms with Gasteiger partial charge in [-0.2, -0.15) is 0 Å². The first-order chi connectivity index (χ1) is 12.6. The molecule has 0 unspecified atom stereocenters. The van der Waals surface area contributed by atoms with E-state index in [9.17, 15) is 14.7 Å². The number of hydrogen-bond donors (Lipinski definition) is 1. The van der Waals surface area contributed by atoms with Crippen LogP contribution >= 0.6 is 0 Å². The average molecular weight is 354 g/mol. The van der Waals surface area contributed by atoms with Crippen molar-refractivity contribution in [2.75, 3.05) is 32.7 Å². The van der Waals surface area contributed by atoms with E-state index < -0.39 is 17.8 Å². The summed E-state index contributed by atoms with van der Waals surface area (Å²) in [6, 6.07) is 10.2. The molecular weight excluding hydrogens is 328 g/mol. The van der Waals surface area contributed by atoms with Crippen LogP contribution in [0.4, 0.5) is 0 Å². The van der Waals surface area contributed by atoms with Gasteiger partial charge in [-0.05, 0) is 18.4 Å². The summed E-state index contributed by atoms with van der Waals surface area (Å²) in [5.41, 5.74) is 1.19. The molecule has 5 nitrogen and oxygen atoms in total. The van der Waals surface area contributed by atoms with Crippen molar-refractivity contribution in [3.63, 3.8) is 0 Å². The highest BCUT2D eigenvalue weighted by molar-refractivity contribution is 5.85. The topological polar surface area (TPSA) is 60.9 Å². The van der Waals surface area contributed by atoms with Crippen LogP contribution in [0.5, 0.6) is 0 Å². The molecule has 2 aliphatic rings. The summed E-state index contributed by atoms with van der Waals surface area (Å²) in [4.78, 5) is 28.4. The standard InChI is InChI=1S/C21H26N2O3/c24-20(18-10-4-5-11-19(18)21(25)26)23-15-13-22(14-16-23)12-6-9-17-7-2-1-3-8-17/h1-9,18-19H,10-16H2,(H,25,26)/b9-6+/t18-,19-/m1/s1. The predicted molar refractivity (Wildman–Crippen MR) is 101 cm³/mol. The number of rotatable bonds is 5. The lowest BCUT2D eigenvalue weighted by molar-refractivity contribution is -0.151. The summed E-state index contributed by atoms with van der Waals surface area (Å²) >= 11 is 0. The Labute approximate surface area is 154 Å². The Morgan fingerprint density at radius 3 is 2.31 bits per heavy atom. The first-order valence-electron chi connectivity index (χ1n) is 9.25. The van der Waals surface area contributed by atoms with Crippen LogP contribution < -0.4 is 0 Å². The van der Waals surface area contributed by atoms with E-state index in [-0.39, 0.29) is 5.91 Å². The molecule has 1 heterocycles. The van der Waals surface area contributed by atoms with Gasteiger partial charge < -0.3 is 10.0 Å². The number of carboxylic acids is 1. The van der Waals surface area contributed by atoms with Crippen LogP contribution in [0.1, 0.15) is 18.4 Å². The molecule has 1 saturated heterocycles. The maximum absolute atomic E-state index is 12.8. The summed E-state index contributed by atoms with van der Waals surface area (Å²) in [5.74, 6) is -1.86. The van der Waals surface area contributed by atoms with E-state index in [2.05, 4.69) is 29.2 Å². The second kappa shape index (κ2) is 8.81. The molecule has 1 aliphatic carbocycles. The molecule has 1 aromatic rings. The van der Waals surface area contributed by atoms with E-state index in [1.807, 2.05) is 35.3 Å². The lowest BCUT2D eigenvalue weighted by Crippen LogP contribution is -2.51. The van der Waals surface area contributed by atoms with Crippen LogP contribution in [0.3, 0.4) is 0 Å². The quantitative estimate of drug-likeness (QED) is 0.826. The molecule has 26 heavy (non-hydrogen) atoms. The Balaban J connectivity index is 1.48. The molecule has 0 aromatic heterocycles. The lowest BCUT2D eigenvalue weighted by atomic mass is 9.82. The number of carbonyl (C=O) groups excluding carboxylic acids is 1. The maximum Gasteiger partial charge on any atom is 0.307 e. The van der Waals surface area contributed by atoms with Crippen LogP contribution in [-0.2, 0) is 9.59 Å². The van der Waals surface area contributed by atoms with Crippen LogP contribution in [-0.4, -0.2) is 59.5 Å². The molecule has 0 saturated carbocycles. The van der Waals surface area contributed by atoms with E-state index in [1.165, 1.54) is 5.56 Å². The number of benzene rings is 1. The highest BCUT2D eigenvalue weighted by atomic mass is 16.4. The Bertz CT molecular complexity index is 676. The Kier molecular flexibility index (Phi) is 6.23. The zero-order valence-corrected chi connectivity index (χ0v) is 15.0. The Morgan fingerprint density at radius 2 is 1.65 bits per heavy atom. The van der Waals surface area contributed by atoms with Gasteiger partial charge in [-0.25, -0.2) is 0 Å². The second-order valence-corrected chi connectivity index (χ2v) is 6.93. The molecule has 1 aromatic carbocycles. The number of nitrogens with zero attached hydrogens (tertiary/aromatic N) is 2. The van der Waals surface area contributed by atoms with Crippen LogP contribution in [0.15, 0.2) is 48.6 Å². The zero-order chi connectivity index (χ0) is 18.4. The number of hydrogen-bond acceptors (Lipinski definition) is 3. The van der Waals surface area contributed by atoms with Crippen molar-refractivity contribution in [2.45, 2.75) is 12.8 Å². The average Bonchev–Trinajstić information content (AvgIpc) is 2.69. The largest absolute Gasteiger partial charge is 0.481 e. The molecule has 5 heteroatoms. The minimum atomic E-state index is -0.864. The minimum Gasteiger partial charge on any atom is -0.481 e. The summed E-state index contributed by atoms with van der Waals surface area (Å²) in [7, 11) is 0. The van der Waals surface area contributed by atoms with E-state index >= 15 is 0 Å². The third-order valence-electron chi connectivity index (χ3n) is 5.22. The highest BCUT2D eigenvalue weighted by Gasteiger charge is 2.37. The fourth-order valence-electron chi connectivity index (χ4n) is 3.65. The number of carboxylic acid groups (broad SMARTS) is 1. The van der Waals surface area contributed by atoms with Crippen molar-refractivity contribution in [3.05, 3.63) is 54.1 Å². The fraction of sp³-hybridized carbons (Fsp3) is 0.429. The van der Waals surface area contributed by atoms with Gasteiger partial charge in [-0.1, -0.05) is 54.6 Å². The molecule has 1 fully saturated rings. The molecule has 0 radical (unpaired) electrons. The van der Waals surface area contributed by atoms with E-state index in [4.69, 9.17) is 0 Å². The first kappa shape index (κ1) is 18.4. The molecule has 1 N–H and O–H groups in total. The van der Waals surface area contributed by atoms with E-state index in [1.54, 1.807) is 0 Å². The normalized spacial score (nSPS) is 24.1. The molecule has 1 aliphatic heterocycles.